The average Bonchev–Trinajstić information content (AvgIpc) is 2.51. The van der Waals surface area contributed by atoms with Gasteiger partial charge in [0.15, 0.2) is 0 Å². The van der Waals surface area contributed by atoms with Crippen molar-refractivity contribution in [2.24, 2.45) is 7.05 Å². The number of imidazole rings is 1. The predicted molar refractivity (Wildman–Crippen MR) is 62.2 cm³/mol. The first-order valence-electron chi connectivity index (χ1n) is 4.65. The van der Waals surface area contributed by atoms with E-state index in [0.29, 0.717) is 6.54 Å². The van der Waals surface area contributed by atoms with Crippen LogP contribution in [-0.4, -0.2) is 9.13 Å². The van der Waals surface area contributed by atoms with E-state index in [1.807, 2.05) is 24.3 Å². The maximum absolute atomic E-state index is 11.8. The number of para-hydroxylation sites is 2. The van der Waals surface area contributed by atoms with E-state index in [2.05, 4.69) is 0 Å². The molecule has 15 heavy (non-hydrogen) atoms. The molecule has 0 unspecified atom stereocenters. The fourth-order valence-corrected chi connectivity index (χ4v) is 1.76. The molecule has 0 aliphatic rings. The second-order valence-corrected chi connectivity index (χ2v) is 3.55. The molecule has 2 aromatic rings. The summed E-state index contributed by atoms with van der Waals surface area (Å²) < 4.78 is 3.33. The van der Waals surface area contributed by atoms with Gasteiger partial charge in [0.2, 0.25) is 0 Å². The topological polar surface area (TPSA) is 26.9 Å². The quantitative estimate of drug-likeness (QED) is 0.765. The van der Waals surface area contributed by atoms with Gasteiger partial charge in [0.05, 0.1) is 11.0 Å². The lowest BCUT2D eigenvalue weighted by atomic mass is 10.3. The van der Waals surface area contributed by atoms with Crippen molar-refractivity contribution in [3.8, 4) is 0 Å². The number of nitrogens with zero attached hydrogens (tertiary/aromatic N) is 2. The summed E-state index contributed by atoms with van der Waals surface area (Å²) >= 11 is 5.46. The highest BCUT2D eigenvalue weighted by Crippen LogP contribution is 2.11. The van der Waals surface area contributed by atoms with Crippen LogP contribution in [0.2, 0.25) is 0 Å². The number of rotatable bonds is 2. The molecule has 0 radical (unpaired) electrons. The molecule has 0 saturated carbocycles. The van der Waals surface area contributed by atoms with Crippen LogP contribution in [0.25, 0.3) is 11.0 Å². The van der Waals surface area contributed by atoms with Crippen LogP contribution in [0.15, 0.2) is 40.7 Å². The van der Waals surface area contributed by atoms with Crippen LogP contribution in [0.4, 0.5) is 0 Å². The molecule has 3 nitrogen and oxygen atoms in total. The molecule has 0 spiro atoms. The smallest absolute Gasteiger partial charge is 0.295 e. The first kappa shape index (κ1) is 10.1. The fourth-order valence-electron chi connectivity index (χ4n) is 1.68. The molecule has 78 valence electrons. The predicted octanol–water partition coefficient (Wildman–Crippen LogP) is 2.09. The molecule has 1 aromatic carbocycles. The zero-order valence-electron chi connectivity index (χ0n) is 8.35. The Kier molecular flexibility index (Phi) is 2.64. The van der Waals surface area contributed by atoms with Crippen molar-refractivity contribution in [3.63, 3.8) is 0 Å². The van der Waals surface area contributed by atoms with E-state index >= 15 is 0 Å². The summed E-state index contributed by atoms with van der Waals surface area (Å²) in [5.74, 6) is 0. The highest BCUT2D eigenvalue weighted by Gasteiger charge is 2.07. The van der Waals surface area contributed by atoms with Crippen LogP contribution in [0, 0.1) is 0 Å². The van der Waals surface area contributed by atoms with Gasteiger partial charge < -0.3 is 0 Å². The number of hydrogen-bond donors (Lipinski definition) is 0. The molecule has 0 aliphatic carbocycles. The molecular weight excluding hydrogens is 212 g/mol. The van der Waals surface area contributed by atoms with E-state index in [9.17, 15) is 4.79 Å². The number of aryl methyl sites for hydroxylation is 1. The average molecular weight is 223 g/mol. The SMILES string of the molecule is Cn1c(=O)n(C/C=C/Cl)c2ccccc21. The van der Waals surface area contributed by atoms with Crippen molar-refractivity contribution < 1.29 is 0 Å². The lowest BCUT2D eigenvalue weighted by molar-refractivity contribution is 0.749. The molecule has 2 rings (SSSR count). The number of allylic oxidation sites excluding steroid dienone is 1. The standard InChI is InChI=1S/C11H11ClN2O/c1-13-9-5-2-3-6-10(9)14(11(13)15)8-4-7-12/h2-7H,8H2,1H3/b7-4+. The Bertz CT molecular complexity index is 565. The zero-order valence-corrected chi connectivity index (χ0v) is 9.11. The highest BCUT2D eigenvalue weighted by atomic mass is 35.5. The van der Waals surface area contributed by atoms with Gasteiger partial charge in [-0.3, -0.25) is 9.13 Å². The van der Waals surface area contributed by atoms with E-state index < -0.39 is 0 Å². The summed E-state index contributed by atoms with van der Waals surface area (Å²) in [6.07, 6.45) is 1.75. The molecule has 0 saturated heterocycles. The Morgan fingerprint density at radius 2 is 2.00 bits per heavy atom. The molecular formula is C11H11ClN2O. The number of aromatic nitrogens is 2. The van der Waals surface area contributed by atoms with E-state index in [0.717, 1.165) is 11.0 Å². The maximum Gasteiger partial charge on any atom is 0.329 e. The van der Waals surface area contributed by atoms with Gasteiger partial charge in [-0.05, 0) is 12.1 Å². The molecule has 0 N–H and O–H groups in total. The Hall–Kier alpha value is -1.48. The van der Waals surface area contributed by atoms with Gasteiger partial charge >= 0.3 is 5.69 Å². The summed E-state index contributed by atoms with van der Waals surface area (Å²) in [6.45, 7) is 0.504. The van der Waals surface area contributed by atoms with Crippen LogP contribution in [0.3, 0.4) is 0 Å². The van der Waals surface area contributed by atoms with Crippen LogP contribution in [0.5, 0.6) is 0 Å². The zero-order chi connectivity index (χ0) is 10.8. The third kappa shape index (κ3) is 1.59. The first-order valence-corrected chi connectivity index (χ1v) is 5.09. The minimum Gasteiger partial charge on any atom is -0.295 e. The Morgan fingerprint density at radius 1 is 1.33 bits per heavy atom. The van der Waals surface area contributed by atoms with Crippen LogP contribution < -0.4 is 5.69 Å². The molecule has 0 amide bonds. The fraction of sp³-hybridized carbons (Fsp3) is 0.182. The molecule has 1 aromatic heterocycles. The molecule has 4 heteroatoms. The van der Waals surface area contributed by atoms with Crippen LogP contribution in [-0.2, 0) is 13.6 Å². The third-order valence-electron chi connectivity index (χ3n) is 2.43. The number of fused-ring (bicyclic) bond motifs is 1. The van der Waals surface area contributed by atoms with Gasteiger partial charge in [0, 0.05) is 19.1 Å². The van der Waals surface area contributed by atoms with E-state index in [-0.39, 0.29) is 5.69 Å². The second-order valence-electron chi connectivity index (χ2n) is 3.30. The number of halogens is 1. The van der Waals surface area contributed by atoms with Crippen LogP contribution >= 0.6 is 11.6 Å². The van der Waals surface area contributed by atoms with Crippen LogP contribution in [0.1, 0.15) is 0 Å². The van der Waals surface area contributed by atoms with Gasteiger partial charge in [-0.1, -0.05) is 29.8 Å². The Morgan fingerprint density at radius 3 is 2.67 bits per heavy atom. The maximum atomic E-state index is 11.8. The van der Waals surface area contributed by atoms with Gasteiger partial charge in [0.1, 0.15) is 0 Å². The van der Waals surface area contributed by atoms with Crippen molar-refractivity contribution in [1.82, 2.24) is 9.13 Å². The summed E-state index contributed by atoms with van der Waals surface area (Å²) in [6, 6.07) is 7.70. The lowest BCUT2D eigenvalue weighted by Gasteiger charge is -1.96. The molecule has 0 atom stereocenters. The summed E-state index contributed by atoms with van der Waals surface area (Å²) in [5.41, 5.74) is 3.27. The second kappa shape index (κ2) is 3.95. The molecule has 0 aliphatic heterocycles. The number of benzene rings is 1. The largest absolute Gasteiger partial charge is 0.329 e. The van der Waals surface area contributed by atoms with Crippen molar-refractivity contribution >= 4 is 22.6 Å². The third-order valence-corrected chi connectivity index (χ3v) is 2.61. The van der Waals surface area contributed by atoms with Crippen molar-refractivity contribution in [2.75, 3.05) is 0 Å². The van der Waals surface area contributed by atoms with E-state index in [1.54, 1.807) is 22.3 Å². The lowest BCUT2D eigenvalue weighted by Crippen LogP contribution is -2.21. The van der Waals surface area contributed by atoms with Gasteiger partial charge in [-0.25, -0.2) is 4.79 Å². The van der Waals surface area contributed by atoms with Gasteiger partial charge in [-0.2, -0.15) is 0 Å². The normalized spacial score (nSPS) is 11.6. The summed E-state index contributed by atoms with van der Waals surface area (Å²) in [7, 11) is 1.77. The van der Waals surface area contributed by atoms with Crippen molar-refractivity contribution in [1.29, 1.82) is 0 Å². The Balaban J connectivity index is 2.72. The summed E-state index contributed by atoms with van der Waals surface area (Å²) in [4.78, 5) is 11.8. The van der Waals surface area contributed by atoms with E-state index in [4.69, 9.17) is 11.6 Å². The molecule has 0 fully saturated rings. The minimum absolute atomic E-state index is 0.0223. The van der Waals surface area contributed by atoms with Gasteiger partial charge in [-0.15, -0.1) is 0 Å². The number of hydrogen-bond acceptors (Lipinski definition) is 1. The Labute approximate surface area is 92.2 Å². The minimum atomic E-state index is -0.0223. The van der Waals surface area contributed by atoms with Crippen molar-refractivity contribution in [2.45, 2.75) is 6.54 Å². The van der Waals surface area contributed by atoms with Gasteiger partial charge in [0.25, 0.3) is 0 Å². The summed E-state index contributed by atoms with van der Waals surface area (Å²) in [5, 5.41) is 0. The first-order chi connectivity index (χ1) is 7.25. The highest BCUT2D eigenvalue weighted by molar-refractivity contribution is 6.25. The van der Waals surface area contributed by atoms with Crippen molar-refractivity contribution in [3.05, 3.63) is 46.4 Å². The monoisotopic (exact) mass is 222 g/mol. The molecule has 1 heterocycles. The van der Waals surface area contributed by atoms with E-state index in [1.165, 1.54) is 5.54 Å². The molecule has 0 bridgehead atoms.